The number of halogens is 1. The number of benzene rings is 1. The van der Waals surface area contributed by atoms with Crippen molar-refractivity contribution in [3.63, 3.8) is 0 Å². The van der Waals surface area contributed by atoms with E-state index in [1.807, 2.05) is 0 Å². The van der Waals surface area contributed by atoms with Gasteiger partial charge in [0.15, 0.2) is 0 Å². The number of carboxylic acid groups (broad SMARTS) is 1. The highest BCUT2D eigenvalue weighted by atomic mass is 35.5. The van der Waals surface area contributed by atoms with E-state index >= 15 is 0 Å². The van der Waals surface area contributed by atoms with Crippen LogP contribution in [-0.4, -0.2) is 16.0 Å². The van der Waals surface area contributed by atoms with Crippen LogP contribution in [-0.2, 0) is 4.79 Å². The van der Waals surface area contributed by atoms with Crippen molar-refractivity contribution in [3.05, 3.63) is 44.5 Å². The Morgan fingerprint density at radius 1 is 1.56 bits per heavy atom. The summed E-state index contributed by atoms with van der Waals surface area (Å²) in [6.45, 7) is 1.64. The predicted molar refractivity (Wildman–Crippen MR) is 59.5 cm³/mol. The Balaban J connectivity index is 3.34. The van der Waals surface area contributed by atoms with Crippen molar-refractivity contribution in [2.24, 2.45) is 0 Å². The normalized spacial score (nSPS) is 10.6. The van der Waals surface area contributed by atoms with E-state index in [-0.39, 0.29) is 16.3 Å². The molecule has 0 aliphatic heterocycles. The highest BCUT2D eigenvalue weighted by Gasteiger charge is 2.18. The SMILES string of the molecule is Cc1ccc(/C=C/C(=O)O)c([N+](=O)[O-])c1Cl. The Morgan fingerprint density at radius 2 is 2.19 bits per heavy atom. The lowest BCUT2D eigenvalue weighted by atomic mass is 10.1. The fourth-order valence-corrected chi connectivity index (χ4v) is 1.40. The zero-order valence-electron chi connectivity index (χ0n) is 8.31. The first kappa shape index (κ1) is 12.2. The average Bonchev–Trinajstić information content (AvgIpc) is 2.19. The summed E-state index contributed by atoms with van der Waals surface area (Å²) in [5.74, 6) is -1.18. The van der Waals surface area contributed by atoms with Gasteiger partial charge in [-0.15, -0.1) is 0 Å². The second kappa shape index (κ2) is 4.76. The van der Waals surface area contributed by atoms with Gasteiger partial charge in [-0.2, -0.15) is 0 Å². The number of nitrogens with zero attached hydrogens (tertiary/aromatic N) is 1. The van der Waals surface area contributed by atoms with E-state index in [1.165, 1.54) is 6.07 Å². The molecule has 0 spiro atoms. The summed E-state index contributed by atoms with van der Waals surface area (Å²) in [7, 11) is 0. The van der Waals surface area contributed by atoms with E-state index in [9.17, 15) is 14.9 Å². The van der Waals surface area contributed by atoms with Gasteiger partial charge in [0.25, 0.3) is 5.69 Å². The van der Waals surface area contributed by atoms with Gasteiger partial charge < -0.3 is 5.11 Å². The molecule has 0 heterocycles. The Kier molecular flexibility index (Phi) is 3.63. The minimum atomic E-state index is -1.18. The maximum absolute atomic E-state index is 10.8. The lowest BCUT2D eigenvalue weighted by Crippen LogP contribution is -1.95. The second-order valence-electron chi connectivity index (χ2n) is 3.06. The number of nitro benzene ring substituents is 1. The van der Waals surface area contributed by atoms with Crippen molar-refractivity contribution >= 4 is 29.3 Å². The molecule has 6 heteroatoms. The maximum atomic E-state index is 10.8. The van der Waals surface area contributed by atoms with E-state index in [2.05, 4.69) is 0 Å². The van der Waals surface area contributed by atoms with Crippen LogP contribution in [0.3, 0.4) is 0 Å². The average molecular weight is 242 g/mol. The molecule has 0 radical (unpaired) electrons. The topological polar surface area (TPSA) is 80.4 Å². The number of hydrogen-bond acceptors (Lipinski definition) is 3. The summed E-state index contributed by atoms with van der Waals surface area (Å²) in [5, 5.41) is 19.2. The summed E-state index contributed by atoms with van der Waals surface area (Å²) in [4.78, 5) is 20.5. The number of nitro groups is 1. The predicted octanol–water partition coefficient (Wildman–Crippen LogP) is 2.65. The van der Waals surface area contributed by atoms with Gasteiger partial charge in [0.2, 0.25) is 0 Å². The van der Waals surface area contributed by atoms with Gasteiger partial charge >= 0.3 is 5.97 Å². The number of carbonyl (C=O) groups is 1. The van der Waals surface area contributed by atoms with E-state index in [4.69, 9.17) is 16.7 Å². The third-order valence-corrected chi connectivity index (χ3v) is 2.41. The number of aliphatic carboxylic acids is 1. The summed E-state index contributed by atoms with van der Waals surface area (Å²) < 4.78 is 0. The first-order chi connectivity index (χ1) is 7.43. The molecule has 1 aromatic carbocycles. The molecular formula is C10H8ClNO4. The van der Waals surface area contributed by atoms with Gasteiger partial charge in [-0.3, -0.25) is 10.1 Å². The molecule has 0 aromatic heterocycles. The Bertz CT molecular complexity index is 482. The molecule has 0 atom stereocenters. The third-order valence-electron chi connectivity index (χ3n) is 1.93. The zero-order chi connectivity index (χ0) is 12.3. The number of hydrogen-bond donors (Lipinski definition) is 1. The third kappa shape index (κ3) is 2.58. The van der Waals surface area contributed by atoms with Crippen LogP contribution >= 0.6 is 11.6 Å². The van der Waals surface area contributed by atoms with Crippen molar-refractivity contribution in [2.75, 3.05) is 0 Å². The number of aryl methyl sites for hydroxylation is 1. The Labute approximate surface area is 96.1 Å². The molecule has 1 N–H and O–H groups in total. The molecule has 0 aliphatic carbocycles. The standard InChI is InChI=1S/C10H8ClNO4/c1-6-2-3-7(4-5-8(13)14)10(9(6)11)12(15)16/h2-5H,1H3,(H,13,14)/b5-4+. The van der Waals surface area contributed by atoms with Gasteiger partial charge in [0.1, 0.15) is 5.02 Å². The molecule has 1 rings (SSSR count). The fraction of sp³-hybridized carbons (Fsp3) is 0.100. The molecule has 0 unspecified atom stereocenters. The molecule has 1 aromatic rings. The Hall–Kier alpha value is -1.88. The van der Waals surface area contributed by atoms with Crippen LogP contribution in [0.25, 0.3) is 6.08 Å². The quantitative estimate of drug-likeness (QED) is 0.501. The monoisotopic (exact) mass is 241 g/mol. The molecule has 0 saturated carbocycles. The van der Waals surface area contributed by atoms with Gasteiger partial charge in [0.05, 0.1) is 10.5 Å². The molecule has 84 valence electrons. The summed E-state index contributed by atoms with van der Waals surface area (Å²) in [5.41, 5.74) is 0.461. The zero-order valence-corrected chi connectivity index (χ0v) is 9.06. The van der Waals surface area contributed by atoms with E-state index in [0.717, 1.165) is 12.2 Å². The molecule has 0 bridgehead atoms. The highest BCUT2D eigenvalue weighted by Crippen LogP contribution is 2.32. The first-order valence-electron chi connectivity index (χ1n) is 4.28. The van der Waals surface area contributed by atoms with Crippen LogP contribution < -0.4 is 0 Å². The molecule has 0 aliphatic rings. The number of carboxylic acids is 1. The lowest BCUT2D eigenvalue weighted by Gasteiger charge is -2.02. The van der Waals surface area contributed by atoms with Crippen LogP contribution in [0.15, 0.2) is 18.2 Å². The summed E-state index contributed by atoms with van der Waals surface area (Å²) >= 11 is 5.79. The molecule has 0 fully saturated rings. The van der Waals surface area contributed by atoms with Crippen molar-refractivity contribution in [1.29, 1.82) is 0 Å². The molecule has 0 amide bonds. The lowest BCUT2D eigenvalue weighted by molar-refractivity contribution is -0.385. The number of rotatable bonds is 3. The van der Waals surface area contributed by atoms with Crippen LogP contribution in [0.1, 0.15) is 11.1 Å². The second-order valence-corrected chi connectivity index (χ2v) is 3.44. The van der Waals surface area contributed by atoms with Crippen LogP contribution in [0.2, 0.25) is 5.02 Å². The van der Waals surface area contributed by atoms with Crippen LogP contribution in [0.5, 0.6) is 0 Å². The highest BCUT2D eigenvalue weighted by molar-refractivity contribution is 6.33. The van der Waals surface area contributed by atoms with Crippen molar-refractivity contribution in [2.45, 2.75) is 6.92 Å². The van der Waals surface area contributed by atoms with Crippen molar-refractivity contribution in [1.82, 2.24) is 0 Å². The largest absolute Gasteiger partial charge is 0.478 e. The minimum Gasteiger partial charge on any atom is -0.478 e. The van der Waals surface area contributed by atoms with Gasteiger partial charge in [-0.25, -0.2) is 4.79 Å². The molecular weight excluding hydrogens is 234 g/mol. The van der Waals surface area contributed by atoms with Crippen LogP contribution in [0, 0.1) is 17.0 Å². The van der Waals surface area contributed by atoms with E-state index in [0.29, 0.717) is 5.56 Å². The maximum Gasteiger partial charge on any atom is 0.328 e. The molecule has 5 nitrogen and oxygen atoms in total. The fourth-order valence-electron chi connectivity index (χ4n) is 1.16. The van der Waals surface area contributed by atoms with Crippen molar-refractivity contribution in [3.8, 4) is 0 Å². The Morgan fingerprint density at radius 3 is 2.69 bits per heavy atom. The summed E-state index contributed by atoms with van der Waals surface area (Å²) in [6, 6.07) is 3.05. The van der Waals surface area contributed by atoms with Crippen LogP contribution in [0.4, 0.5) is 5.69 Å². The van der Waals surface area contributed by atoms with Gasteiger partial charge in [-0.1, -0.05) is 17.7 Å². The van der Waals surface area contributed by atoms with E-state index < -0.39 is 10.9 Å². The minimum absolute atomic E-state index is 0.0255. The molecule has 16 heavy (non-hydrogen) atoms. The van der Waals surface area contributed by atoms with Crippen molar-refractivity contribution < 1.29 is 14.8 Å². The summed E-state index contributed by atoms with van der Waals surface area (Å²) in [6.07, 6.45) is 1.97. The van der Waals surface area contributed by atoms with E-state index in [1.54, 1.807) is 13.0 Å². The van der Waals surface area contributed by atoms with Gasteiger partial charge in [0, 0.05) is 6.08 Å². The molecule has 0 saturated heterocycles. The first-order valence-corrected chi connectivity index (χ1v) is 4.65. The smallest absolute Gasteiger partial charge is 0.328 e. The van der Waals surface area contributed by atoms with Gasteiger partial charge in [-0.05, 0) is 24.6 Å².